The average Bonchev–Trinajstić information content (AvgIpc) is 2.53. The molecule has 1 saturated heterocycles. The number of rotatable bonds is 2. The van der Waals surface area contributed by atoms with Crippen molar-refractivity contribution < 1.29 is 26.6 Å². The van der Waals surface area contributed by atoms with Gasteiger partial charge in [0.1, 0.15) is 6.61 Å². The molecule has 1 aromatic carbocycles. The lowest BCUT2D eigenvalue weighted by atomic mass is 10.2. The van der Waals surface area contributed by atoms with Crippen LogP contribution in [0.2, 0.25) is 0 Å². The Morgan fingerprint density at radius 3 is 2.41 bits per heavy atom. The molecule has 0 aromatic heterocycles. The predicted molar refractivity (Wildman–Crippen MR) is 74.5 cm³/mol. The fourth-order valence-corrected chi connectivity index (χ4v) is 3.07. The van der Waals surface area contributed by atoms with Crippen molar-refractivity contribution in [2.24, 2.45) is 0 Å². The topological polar surface area (TPSA) is 76.2 Å². The van der Waals surface area contributed by atoms with E-state index < -0.39 is 16.5 Å². The first-order valence-corrected chi connectivity index (χ1v) is 8.16. The fraction of sp³-hybridized carbons (Fsp3) is 0.462. The second kappa shape index (κ2) is 5.73. The Morgan fingerprint density at radius 2 is 1.77 bits per heavy atom. The minimum absolute atomic E-state index is 0.0608. The van der Waals surface area contributed by atoms with Gasteiger partial charge in [0.15, 0.2) is 11.5 Å². The van der Waals surface area contributed by atoms with Crippen LogP contribution in [0.3, 0.4) is 0 Å². The summed E-state index contributed by atoms with van der Waals surface area (Å²) >= 11 is 0. The number of ether oxygens (including phenoxy) is 2. The van der Waals surface area contributed by atoms with Crippen molar-refractivity contribution in [3.05, 3.63) is 24.3 Å². The third kappa shape index (κ3) is 3.00. The second-order valence-corrected chi connectivity index (χ2v) is 6.37. The third-order valence-electron chi connectivity index (χ3n) is 3.64. The minimum Gasteiger partial charge on any atom is -0.485 e. The van der Waals surface area contributed by atoms with Crippen LogP contribution in [0.25, 0.3) is 0 Å². The van der Waals surface area contributed by atoms with E-state index in [2.05, 4.69) is 0 Å². The van der Waals surface area contributed by atoms with Gasteiger partial charge in [-0.05, 0) is 12.1 Å². The molecule has 1 amide bonds. The molecule has 22 heavy (non-hydrogen) atoms. The molecule has 9 heteroatoms. The van der Waals surface area contributed by atoms with Gasteiger partial charge in [-0.15, -0.1) is 0 Å². The van der Waals surface area contributed by atoms with E-state index in [4.69, 9.17) is 9.47 Å². The third-order valence-corrected chi connectivity index (χ3v) is 4.62. The molecule has 1 fully saturated rings. The van der Waals surface area contributed by atoms with Crippen molar-refractivity contribution in [1.29, 1.82) is 0 Å². The van der Waals surface area contributed by atoms with Crippen LogP contribution in [0.15, 0.2) is 24.3 Å². The highest BCUT2D eigenvalue weighted by Crippen LogP contribution is 2.31. The zero-order valence-corrected chi connectivity index (χ0v) is 12.5. The predicted octanol–water partition coefficient (Wildman–Crippen LogP) is 0.185. The lowest BCUT2D eigenvalue weighted by Gasteiger charge is -2.35. The van der Waals surface area contributed by atoms with Crippen molar-refractivity contribution in [3.63, 3.8) is 0 Å². The molecule has 0 N–H and O–H groups in total. The van der Waals surface area contributed by atoms with Gasteiger partial charge >= 0.3 is 10.4 Å². The van der Waals surface area contributed by atoms with Crippen molar-refractivity contribution in [2.45, 2.75) is 6.10 Å². The maximum absolute atomic E-state index is 12.9. The van der Waals surface area contributed by atoms with Crippen molar-refractivity contribution in [3.8, 4) is 11.5 Å². The standard InChI is InChI=1S/C13H15FN2O5S/c14-22(18,19)16-7-5-15(6-8-16)13(17)12-9-20-10-3-1-2-4-11(10)21-12/h1-4,12H,5-9H2. The van der Waals surface area contributed by atoms with E-state index >= 15 is 0 Å². The molecule has 120 valence electrons. The summed E-state index contributed by atoms with van der Waals surface area (Å²) in [6.45, 7) is 0.230. The summed E-state index contributed by atoms with van der Waals surface area (Å²) < 4.78 is 46.3. The Hall–Kier alpha value is -1.87. The first-order chi connectivity index (χ1) is 10.4. The number of carbonyl (C=O) groups excluding carboxylic acids is 1. The van der Waals surface area contributed by atoms with E-state index in [1.807, 2.05) is 0 Å². The van der Waals surface area contributed by atoms with Crippen LogP contribution in [-0.2, 0) is 15.2 Å². The van der Waals surface area contributed by atoms with Gasteiger partial charge in [0, 0.05) is 26.2 Å². The molecule has 2 aliphatic heterocycles. The quantitative estimate of drug-likeness (QED) is 0.723. The van der Waals surface area contributed by atoms with Crippen LogP contribution in [0.4, 0.5) is 3.89 Å². The number of nitrogens with zero attached hydrogens (tertiary/aromatic N) is 2. The van der Waals surface area contributed by atoms with Gasteiger partial charge < -0.3 is 14.4 Å². The maximum atomic E-state index is 12.9. The molecule has 0 aliphatic carbocycles. The first kappa shape index (κ1) is 15.0. The molecule has 0 saturated carbocycles. The lowest BCUT2D eigenvalue weighted by molar-refractivity contribution is -0.142. The highest BCUT2D eigenvalue weighted by atomic mass is 32.3. The van der Waals surface area contributed by atoms with Crippen LogP contribution in [0, 0.1) is 0 Å². The molecule has 0 bridgehead atoms. The molecule has 2 aliphatic rings. The van der Waals surface area contributed by atoms with Crippen LogP contribution in [0.5, 0.6) is 11.5 Å². The molecule has 0 radical (unpaired) electrons. The number of benzene rings is 1. The Kier molecular flexibility index (Phi) is 3.92. The lowest BCUT2D eigenvalue weighted by Crippen LogP contribution is -2.54. The summed E-state index contributed by atoms with van der Waals surface area (Å²) in [5, 5.41) is 0. The molecular formula is C13H15FN2O5S. The molecule has 3 rings (SSSR count). The number of hydrogen-bond donors (Lipinski definition) is 0. The maximum Gasteiger partial charge on any atom is 0.374 e. The molecule has 1 aromatic rings. The fourth-order valence-electron chi connectivity index (χ4n) is 2.47. The number of fused-ring (bicyclic) bond motifs is 1. The van der Waals surface area contributed by atoms with E-state index in [0.29, 0.717) is 15.8 Å². The number of amides is 1. The number of carbonyl (C=O) groups is 1. The number of hydrogen-bond acceptors (Lipinski definition) is 5. The summed E-state index contributed by atoms with van der Waals surface area (Å²) in [5.41, 5.74) is 0. The van der Waals surface area contributed by atoms with E-state index in [0.717, 1.165) is 0 Å². The summed E-state index contributed by atoms with van der Waals surface area (Å²) in [5.74, 6) is 0.794. The summed E-state index contributed by atoms with van der Waals surface area (Å²) in [7, 11) is -4.70. The highest BCUT2D eigenvalue weighted by Gasteiger charge is 2.34. The van der Waals surface area contributed by atoms with E-state index in [-0.39, 0.29) is 38.7 Å². The van der Waals surface area contributed by atoms with Crippen LogP contribution >= 0.6 is 0 Å². The van der Waals surface area contributed by atoms with Gasteiger partial charge in [-0.3, -0.25) is 4.79 Å². The summed E-state index contributed by atoms with van der Waals surface area (Å²) in [6.07, 6.45) is -0.775. The largest absolute Gasteiger partial charge is 0.485 e. The zero-order chi connectivity index (χ0) is 15.7. The Morgan fingerprint density at radius 1 is 1.14 bits per heavy atom. The van der Waals surface area contributed by atoms with Crippen molar-refractivity contribution >= 4 is 16.3 Å². The highest BCUT2D eigenvalue weighted by molar-refractivity contribution is 7.83. The Bertz CT molecular complexity index is 673. The van der Waals surface area contributed by atoms with Gasteiger partial charge in [-0.2, -0.15) is 12.7 Å². The molecule has 2 heterocycles. The van der Waals surface area contributed by atoms with Gasteiger partial charge in [-0.25, -0.2) is 0 Å². The van der Waals surface area contributed by atoms with Crippen molar-refractivity contribution in [2.75, 3.05) is 32.8 Å². The van der Waals surface area contributed by atoms with Gasteiger partial charge in [0.05, 0.1) is 0 Å². The normalized spacial score (nSPS) is 22.4. The number of halogens is 1. The van der Waals surface area contributed by atoms with E-state index in [9.17, 15) is 17.1 Å². The minimum atomic E-state index is -4.70. The number of para-hydroxylation sites is 2. The zero-order valence-electron chi connectivity index (χ0n) is 11.6. The molecule has 1 atom stereocenters. The Labute approximate surface area is 127 Å². The van der Waals surface area contributed by atoms with E-state index in [1.54, 1.807) is 24.3 Å². The van der Waals surface area contributed by atoms with Crippen LogP contribution in [0.1, 0.15) is 0 Å². The molecule has 0 spiro atoms. The molecular weight excluding hydrogens is 315 g/mol. The number of piperazine rings is 1. The molecule has 1 unspecified atom stereocenters. The van der Waals surface area contributed by atoms with Crippen molar-refractivity contribution in [1.82, 2.24) is 9.21 Å². The smallest absolute Gasteiger partial charge is 0.374 e. The monoisotopic (exact) mass is 330 g/mol. The van der Waals surface area contributed by atoms with Crippen LogP contribution < -0.4 is 9.47 Å². The first-order valence-electron chi connectivity index (χ1n) is 6.82. The second-order valence-electron chi connectivity index (χ2n) is 5.03. The van der Waals surface area contributed by atoms with Crippen LogP contribution in [-0.4, -0.2) is 62.4 Å². The van der Waals surface area contributed by atoms with E-state index in [1.165, 1.54) is 4.90 Å². The average molecular weight is 330 g/mol. The van der Waals surface area contributed by atoms with Gasteiger partial charge in [-0.1, -0.05) is 16.0 Å². The summed E-state index contributed by atoms with van der Waals surface area (Å²) in [6, 6.07) is 7.05. The van der Waals surface area contributed by atoms with Gasteiger partial charge in [0.25, 0.3) is 5.91 Å². The Balaban J connectivity index is 1.62. The van der Waals surface area contributed by atoms with Gasteiger partial charge in [0.2, 0.25) is 6.10 Å². The molecule has 7 nitrogen and oxygen atoms in total. The summed E-state index contributed by atoms with van der Waals surface area (Å²) in [4.78, 5) is 13.8. The SMILES string of the molecule is O=C(C1COc2ccccc2O1)N1CCN(S(=O)(=O)F)CC1.